The summed E-state index contributed by atoms with van der Waals surface area (Å²) in [5.41, 5.74) is -0.608. The molecule has 5 heteroatoms. The SMILES string of the molecule is CCCCCCCCCCCCCCCOC(=O)c1ccc(C(F)(F)F)cc1. The molecule has 0 saturated carbocycles. The molecule has 0 aliphatic rings. The third-order valence-corrected chi connectivity index (χ3v) is 4.93. The Morgan fingerprint density at radius 2 is 1.18 bits per heavy atom. The third kappa shape index (κ3) is 11.4. The first-order valence-electron chi connectivity index (χ1n) is 10.8. The van der Waals surface area contributed by atoms with Crippen LogP contribution in [0.2, 0.25) is 0 Å². The normalized spacial score (nSPS) is 11.6. The monoisotopic (exact) mass is 400 g/mol. The summed E-state index contributed by atoms with van der Waals surface area (Å²) in [5, 5.41) is 0. The van der Waals surface area contributed by atoms with Gasteiger partial charge < -0.3 is 4.74 Å². The second kappa shape index (κ2) is 14.5. The van der Waals surface area contributed by atoms with E-state index in [-0.39, 0.29) is 5.56 Å². The van der Waals surface area contributed by atoms with Crippen molar-refractivity contribution in [3.8, 4) is 0 Å². The topological polar surface area (TPSA) is 26.3 Å². The summed E-state index contributed by atoms with van der Waals surface area (Å²) >= 11 is 0. The lowest BCUT2D eigenvalue weighted by atomic mass is 10.0. The van der Waals surface area contributed by atoms with E-state index in [2.05, 4.69) is 6.92 Å². The number of alkyl halides is 3. The van der Waals surface area contributed by atoms with Gasteiger partial charge in [-0.3, -0.25) is 0 Å². The van der Waals surface area contributed by atoms with E-state index in [1.54, 1.807) is 0 Å². The van der Waals surface area contributed by atoms with Gasteiger partial charge in [0.1, 0.15) is 0 Å². The Labute approximate surface area is 167 Å². The van der Waals surface area contributed by atoms with Gasteiger partial charge in [-0.05, 0) is 30.7 Å². The molecule has 1 aromatic rings. The lowest BCUT2D eigenvalue weighted by molar-refractivity contribution is -0.137. The number of esters is 1. The molecule has 0 aliphatic heterocycles. The molecule has 160 valence electrons. The van der Waals surface area contributed by atoms with E-state index < -0.39 is 17.7 Å². The van der Waals surface area contributed by atoms with Gasteiger partial charge in [0.25, 0.3) is 0 Å². The molecule has 0 spiro atoms. The van der Waals surface area contributed by atoms with Crippen LogP contribution in [-0.4, -0.2) is 12.6 Å². The molecule has 0 N–H and O–H groups in total. The largest absolute Gasteiger partial charge is 0.462 e. The Kier molecular flexibility index (Phi) is 12.7. The van der Waals surface area contributed by atoms with E-state index in [1.807, 2.05) is 0 Å². The second-order valence-electron chi connectivity index (χ2n) is 7.45. The highest BCUT2D eigenvalue weighted by atomic mass is 19.4. The Bertz CT molecular complexity index is 524. The quantitative estimate of drug-likeness (QED) is 0.220. The first-order chi connectivity index (χ1) is 13.4. The van der Waals surface area contributed by atoms with Crippen molar-refractivity contribution in [2.45, 2.75) is 96.6 Å². The van der Waals surface area contributed by atoms with Crippen LogP contribution in [0.1, 0.15) is 106 Å². The molecular weight excluding hydrogens is 365 g/mol. The van der Waals surface area contributed by atoms with E-state index in [9.17, 15) is 18.0 Å². The predicted octanol–water partition coefficient (Wildman–Crippen LogP) is 7.95. The minimum absolute atomic E-state index is 0.155. The lowest BCUT2D eigenvalue weighted by Crippen LogP contribution is -2.08. The highest BCUT2D eigenvalue weighted by Gasteiger charge is 2.30. The summed E-state index contributed by atoms with van der Waals surface area (Å²) < 4.78 is 42.6. The smallest absolute Gasteiger partial charge is 0.416 e. The number of halogens is 3. The summed E-state index contributed by atoms with van der Waals surface area (Å²) in [6.45, 7) is 2.56. The van der Waals surface area contributed by atoms with Gasteiger partial charge in [-0.1, -0.05) is 84.0 Å². The first kappa shape index (κ1) is 24.5. The molecule has 0 amide bonds. The molecule has 0 aliphatic carbocycles. The lowest BCUT2D eigenvalue weighted by Gasteiger charge is -2.08. The van der Waals surface area contributed by atoms with Crippen molar-refractivity contribution in [3.05, 3.63) is 35.4 Å². The van der Waals surface area contributed by atoms with Gasteiger partial charge in [-0.15, -0.1) is 0 Å². The molecule has 1 rings (SSSR count). The van der Waals surface area contributed by atoms with Gasteiger partial charge in [0.2, 0.25) is 0 Å². The number of hydrogen-bond acceptors (Lipinski definition) is 2. The summed E-state index contributed by atoms with van der Waals surface area (Å²) in [6, 6.07) is 4.13. The van der Waals surface area contributed by atoms with Crippen molar-refractivity contribution in [2.24, 2.45) is 0 Å². The Hall–Kier alpha value is -1.52. The summed E-state index contributed by atoms with van der Waals surface area (Å²) in [5.74, 6) is -0.562. The average Bonchev–Trinajstić information content (AvgIpc) is 2.67. The number of hydrogen-bond donors (Lipinski definition) is 0. The number of ether oxygens (including phenoxy) is 1. The van der Waals surface area contributed by atoms with E-state index in [0.29, 0.717) is 6.61 Å². The van der Waals surface area contributed by atoms with Gasteiger partial charge >= 0.3 is 12.1 Å². The highest BCUT2D eigenvalue weighted by molar-refractivity contribution is 5.89. The second-order valence-corrected chi connectivity index (χ2v) is 7.45. The zero-order chi connectivity index (χ0) is 20.7. The van der Waals surface area contributed by atoms with E-state index in [1.165, 1.54) is 64.2 Å². The highest BCUT2D eigenvalue weighted by Crippen LogP contribution is 2.29. The number of unbranched alkanes of at least 4 members (excludes halogenated alkanes) is 12. The van der Waals surface area contributed by atoms with E-state index in [0.717, 1.165) is 43.5 Å². The molecular formula is C23H35F3O2. The molecule has 2 nitrogen and oxygen atoms in total. The standard InChI is InChI=1S/C23H35F3O2/c1-2-3-4-5-6-7-8-9-10-11-12-13-14-19-28-22(27)20-15-17-21(18-16-20)23(24,25)26/h15-18H,2-14,19H2,1H3. The number of carbonyl (C=O) groups excluding carboxylic acids is 1. The summed E-state index contributed by atoms with van der Waals surface area (Å²) in [6.07, 6.45) is 11.8. The maximum absolute atomic E-state index is 12.5. The van der Waals surface area contributed by atoms with Gasteiger partial charge in [0.15, 0.2) is 0 Å². The van der Waals surface area contributed by atoms with Gasteiger partial charge in [0.05, 0.1) is 17.7 Å². The van der Waals surface area contributed by atoms with Crippen molar-refractivity contribution < 1.29 is 22.7 Å². The maximum Gasteiger partial charge on any atom is 0.416 e. The molecule has 0 aromatic heterocycles. The minimum atomic E-state index is -4.39. The number of rotatable bonds is 15. The molecule has 0 radical (unpaired) electrons. The fraction of sp³-hybridized carbons (Fsp3) is 0.696. The van der Waals surface area contributed by atoms with Crippen molar-refractivity contribution in [1.29, 1.82) is 0 Å². The van der Waals surface area contributed by atoms with Crippen LogP contribution in [-0.2, 0) is 10.9 Å². The van der Waals surface area contributed by atoms with Gasteiger partial charge in [-0.2, -0.15) is 13.2 Å². The van der Waals surface area contributed by atoms with Gasteiger partial charge in [0, 0.05) is 0 Å². The van der Waals surface area contributed by atoms with Crippen LogP contribution in [0.3, 0.4) is 0 Å². The van der Waals surface area contributed by atoms with Crippen molar-refractivity contribution in [3.63, 3.8) is 0 Å². The van der Waals surface area contributed by atoms with Crippen molar-refractivity contribution in [1.82, 2.24) is 0 Å². The zero-order valence-corrected chi connectivity index (χ0v) is 17.2. The molecule has 0 atom stereocenters. The molecule has 0 fully saturated rings. The molecule has 0 unspecified atom stereocenters. The van der Waals surface area contributed by atoms with Crippen molar-refractivity contribution >= 4 is 5.97 Å². The van der Waals surface area contributed by atoms with Crippen LogP contribution < -0.4 is 0 Å². The third-order valence-electron chi connectivity index (χ3n) is 4.93. The van der Waals surface area contributed by atoms with Crippen LogP contribution >= 0.6 is 0 Å². The minimum Gasteiger partial charge on any atom is -0.462 e. The van der Waals surface area contributed by atoms with E-state index in [4.69, 9.17) is 4.74 Å². The number of carbonyl (C=O) groups is 1. The molecule has 0 saturated heterocycles. The average molecular weight is 401 g/mol. The first-order valence-corrected chi connectivity index (χ1v) is 10.8. The fourth-order valence-electron chi connectivity index (χ4n) is 3.16. The fourth-order valence-corrected chi connectivity index (χ4v) is 3.16. The van der Waals surface area contributed by atoms with Crippen LogP contribution in [0.15, 0.2) is 24.3 Å². The molecule has 28 heavy (non-hydrogen) atoms. The molecule has 0 heterocycles. The predicted molar refractivity (Wildman–Crippen MR) is 107 cm³/mol. The summed E-state index contributed by atoms with van der Waals surface area (Å²) in [4.78, 5) is 11.8. The Balaban J connectivity index is 1.96. The Morgan fingerprint density at radius 1 is 0.750 bits per heavy atom. The maximum atomic E-state index is 12.5. The Morgan fingerprint density at radius 3 is 1.61 bits per heavy atom. The molecule has 0 bridgehead atoms. The van der Waals surface area contributed by atoms with Crippen LogP contribution in [0.4, 0.5) is 13.2 Å². The van der Waals surface area contributed by atoms with E-state index >= 15 is 0 Å². The van der Waals surface area contributed by atoms with Crippen LogP contribution in [0, 0.1) is 0 Å². The number of benzene rings is 1. The van der Waals surface area contributed by atoms with Crippen LogP contribution in [0.5, 0.6) is 0 Å². The van der Waals surface area contributed by atoms with Gasteiger partial charge in [-0.25, -0.2) is 4.79 Å². The summed E-state index contributed by atoms with van der Waals surface area (Å²) in [7, 11) is 0. The van der Waals surface area contributed by atoms with Crippen LogP contribution in [0.25, 0.3) is 0 Å². The van der Waals surface area contributed by atoms with Crippen molar-refractivity contribution in [2.75, 3.05) is 6.61 Å². The zero-order valence-electron chi connectivity index (χ0n) is 17.2. The molecule has 1 aromatic carbocycles.